The first kappa shape index (κ1) is 15.3. The number of nitrogens with one attached hydrogen (secondary N) is 1. The third-order valence-electron chi connectivity index (χ3n) is 4.55. The van der Waals surface area contributed by atoms with Crippen LogP contribution in [0.2, 0.25) is 0 Å². The van der Waals surface area contributed by atoms with Gasteiger partial charge >= 0.3 is 0 Å². The lowest BCUT2D eigenvalue weighted by Crippen LogP contribution is -2.38. The molecule has 0 amide bonds. The molecular weight excluding hydrogens is 306 g/mol. The Labute approximate surface area is 141 Å². The molecule has 24 heavy (non-hydrogen) atoms. The van der Waals surface area contributed by atoms with Crippen LogP contribution in [0.1, 0.15) is 32.1 Å². The van der Waals surface area contributed by atoms with Crippen LogP contribution in [0, 0.1) is 0 Å². The summed E-state index contributed by atoms with van der Waals surface area (Å²) < 4.78 is 7.11. The maximum atomic E-state index is 5.43. The zero-order valence-electron chi connectivity index (χ0n) is 13.8. The van der Waals surface area contributed by atoms with Gasteiger partial charge in [-0.05, 0) is 18.9 Å². The van der Waals surface area contributed by atoms with Gasteiger partial charge in [0.15, 0.2) is 0 Å². The van der Waals surface area contributed by atoms with Gasteiger partial charge < -0.3 is 15.0 Å². The zero-order chi connectivity index (χ0) is 16.2. The number of hydrogen-bond donors (Lipinski definition) is 1. The molecule has 0 bridgehead atoms. The molecule has 1 N–H and O–H groups in total. The van der Waals surface area contributed by atoms with Gasteiger partial charge in [-0.15, -0.1) is 0 Å². The van der Waals surface area contributed by atoms with Crippen molar-refractivity contribution >= 4 is 11.9 Å². The molecule has 0 atom stereocenters. The number of anilines is 2. The quantitative estimate of drug-likeness (QED) is 0.913. The van der Waals surface area contributed by atoms with E-state index in [2.05, 4.69) is 30.3 Å². The third kappa shape index (κ3) is 3.48. The maximum absolute atomic E-state index is 5.43. The van der Waals surface area contributed by atoms with Crippen LogP contribution >= 0.6 is 0 Å². The highest BCUT2D eigenvalue weighted by atomic mass is 16.5. The van der Waals surface area contributed by atoms with Crippen molar-refractivity contribution in [2.24, 2.45) is 0 Å². The van der Waals surface area contributed by atoms with E-state index < -0.39 is 0 Å². The van der Waals surface area contributed by atoms with Crippen molar-refractivity contribution in [3.63, 3.8) is 0 Å². The molecule has 0 aromatic carbocycles. The van der Waals surface area contributed by atoms with Crippen molar-refractivity contribution in [1.29, 1.82) is 0 Å². The fourth-order valence-electron chi connectivity index (χ4n) is 3.24. The van der Waals surface area contributed by atoms with Crippen LogP contribution in [0.4, 0.5) is 11.9 Å². The van der Waals surface area contributed by atoms with Gasteiger partial charge in [0.05, 0.1) is 13.2 Å². The minimum Gasteiger partial charge on any atom is -0.378 e. The molecule has 2 aromatic rings. The van der Waals surface area contributed by atoms with Crippen LogP contribution in [0.15, 0.2) is 18.5 Å². The Morgan fingerprint density at radius 1 is 1.00 bits per heavy atom. The lowest BCUT2D eigenvalue weighted by atomic mass is 9.96. The monoisotopic (exact) mass is 329 g/mol. The molecule has 2 aliphatic rings. The van der Waals surface area contributed by atoms with E-state index in [1.54, 1.807) is 10.9 Å². The SMILES string of the molecule is c1cnn(-c2nc(NC3CCCCC3)nc(N3CCOCC3)n2)c1. The molecule has 128 valence electrons. The summed E-state index contributed by atoms with van der Waals surface area (Å²) in [6, 6.07) is 2.32. The largest absolute Gasteiger partial charge is 0.378 e. The number of ether oxygens (including phenoxy) is 1. The Morgan fingerprint density at radius 2 is 1.79 bits per heavy atom. The van der Waals surface area contributed by atoms with Crippen molar-refractivity contribution in [3.05, 3.63) is 18.5 Å². The molecule has 1 saturated carbocycles. The Morgan fingerprint density at radius 3 is 2.54 bits per heavy atom. The molecule has 1 aliphatic carbocycles. The standard InChI is InChI=1S/C16H23N7O/c1-2-5-13(6-3-1)18-14-19-15(22-9-11-24-12-10-22)21-16(20-14)23-8-4-7-17-23/h4,7-8,13H,1-3,5-6,9-12H2,(H,18,19,20,21). The number of nitrogens with zero attached hydrogens (tertiary/aromatic N) is 6. The predicted octanol–water partition coefficient (Wildman–Crippen LogP) is 1.64. The fraction of sp³-hybridized carbons (Fsp3) is 0.625. The lowest BCUT2D eigenvalue weighted by molar-refractivity contribution is 0.122. The van der Waals surface area contributed by atoms with E-state index in [9.17, 15) is 0 Å². The van der Waals surface area contributed by atoms with Crippen LogP contribution in [0.5, 0.6) is 0 Å². The van der Waals surface area contributed by atoms with E-state index in [0.717, 1.165) is 13.1 Å². The summed E-state index contributed by atoms with van der Waals surface area (Å²) in [6.45, 7) is 3.00. The highest BCUT2D eigenvalue weighted by Crippen LogP contribution is 2.21. The van der Waals surface area contributed by atoms with Gasteiger partial charge in [-0.1, -0.05) is 19.3 Å². The molecule has 8 nitrogen and oxygen atoms in total. The van der Waals surface area contributed by atoms with Crippen LogP contribution in [0.3, 0.4) is 0 Å². The van der Waals surface area contributed by atoms with Crippen LogP contribution in [-0.2, 0) is 4.74 Å². The van der Waals surface area contributed by atoms with Gasteiger partial charge in [0.1, 0.15) is 0 Å². The molecule has 3 heterocycles. The first-order chi connectivity index (χ1) is 11.9. The van der Waals surface area contributed by atoms with E-state index in [0.29, 0.717) is 37.1 Å². The first-order valence-corrected chi connectivity index (χ1v) is 8.74. The van der Waals surface area contributed by atoms with Gasteiger partial charge in [-0.3, -0.25) is 0 Å². The first-order valence-electron chi connectivity index (χ1n) is 8.74. The summed E-state index contributed by atoms with van der Waals surface area (Å²) in [5.41, 5.74) is 0. The Kier molecular flexibility index (Phi) is 4.55. The van der Waals surface area contributed by atoms with Gasteiger partial charge in [-0.25, -0.2) is 4.68 Å². The summed E-state index contributed by atoms with van der Waals surface area (Å²) in [6.07, 6.45) is 9.80. The number of aromatic nitrogens is 5. The summed E-state index contributed by atoms with van der Waals surface area (Å²) in [5, 5.41) is 7.75. The topological polar surface area (TPSA) is 81.0 Å². The molecule has 2 aromatic heterocycles. The average molecular weight is 329 g/mol. The molecule has 2 fully saturated rings. The molecule has 8 heteroatoms. The lowest BCUT2D eigenvalue weighted by Gasteiger charge is -2.28. The van der Waals surface area contributed by atoms with E-state index >= 15 is 0 Å². The van der Waals surface area contributed by atoms with E-state index in [1.165, 1.54) is 32.1 Å². The summed E-state index contributed by atoms with van der Waals surface area (Å²) >= 11 is 0. The van der Waals surface area contributed by atoms with Crippen LogP contribution < -0.4 is 10.2 Å². The fourth-order valence-corrected chi connectivity index (χ4v) is 3.24. The number of morpholine rings is 1. The van der Waals surface area contributed by atoms with Crippen molar-refractivity contribution in [2.75, 3.05) is 36.5 Å². The Bertz CT molecular complexity index is 648. The van der Waals surface area contributed by atoms with E-state index in [4.69, 9.17) is 4.74 Å². The van der Waals surface area contributed by atoms with Crippen LogP contribution in [-0.4, -0.2) is 57.1 Å². The second-order valence-electron chi connectivity index (χ2n) is 6.29. The van der Waals surface area contributed by atoms with Crippen molar-refractivity contribution in [3.8, 4) is 5.95 Å². The molecule has 1 saturated heterocycles. The smallest absolute Gasteiger partial charge is 0.257 e. The Hall–Kier alpha value is -2.22. The van der Waals surface area contributed by atoms with Gasteiger partial charge in [-0.2, -0.15) is 20.1 Å². The third-order valence-corrected chi connectivity index (χ3v) is 4.55. The van der Waals surface area contributed by atoms with Crippen LogP contribution in [0.25, 0.3) is 5.95 Å². The van der Waals surface area contributed by atoms with Crippen molar-refractivity contribution in [2.45, 2.75) is 38.1 Å². The molecule has 4 rings (SSSR count). The van der Waals surface area contributed by atoms with Gasteiger partial charge in [0.2, 0.25) is 11.9 Å². The number of rotatable bonds is 4. The second-order valence-corrected chi connectivity index (χ2v) is 6.29. The molecule has 0 unspecified atom stereocenters. The highest BCUT2D eigenvalue weighted by molar-refractivity contribution is 5.41. The normalized spacial score (nSPS) is 19.4. The molecule has 0 radical (unpaired) electrons. The van der Waals surface area contributed by atoms with Gasteiger partial charge in [0.25, 0.3) is 5.95 Å². The highest BCUT2D eigenvalue weighted by Gasteiger charge is 2.19. The predicted molar refractivity (Wildman–Crippen MR) is 90.5 cm³/mol. The maximum Gasteiger partial charge on any atom is 0.257 e. The molecular formula is C16H23N7O. The number of hydrogen-bond acceptors (Lipinski definition) is 7. The second kappa shape index (κ2) is 7.12. The van der Waals surface area contributed by atoms with Crippen molar-refractivity contribution in [1.82, 2.24) is 24.7 Å². The average Bonchev–Trinajstić information content (AvgIpc) is 3.18. The minimum absolute atomic E-state index is 0.448. The summed E-state index contributed by atoms with van der Waals surface area (Å²) in [4.78, 5) is 16.0. The summed E-state index contributed by atoms with van der Waals surface area (Å²) in [5.74, 6) is 1.89. The molecule has 1 aliphatic heterocycles. The zero-order valence-corrected chi connectivity index (χ0v) is 13.8. The molecule has 0 spiro atoms. The van der Waals surface area contributed by atoms with Crippen molar-refractivity contribution < 1.29 is 4.74 Å². The van der Waals surface area contributed by atoms with E-state index in [-0.39, 0.29) is 0 Å². The van der Waals surface area contributed by atoms with E-state index in [1.807, 2.05) is 12.3 Å². The van der Waals surface area contributed by atoms with Gasteiger partial charge in [0, 0.05) is 31.5 Å². The Balaban J connectivity index is 1.62. The summed E-state index contributed by atoms with van der Waals surface area (Å²) in [7, 11) is 0. The minimum atomic E-state index is 0.448.